The zero-order valence-electron chi connectivity index (χ0n) is 11.4. The molecule has 106 valence electrons. The topological polar surface area (TPSA) is 78.6 Å². The van der Waals surface area contributed by atoms with Crippen LogP contribution in [0.25, 0.3) is 0 Å². The zero-order chi connectivity index (χ0) is 13.8. The minimum absolute atomic E-state index is 0.0820. The third-order valence-corrected chi connectivity index (χ3v) is 3.55. The molecule has 0 bridgehead atoms. The number of nitrogens with one attached hydrogen (secondary N) is 1. The number of aliphatic hydroxyl groups is 1. The summed E-state index contributed by atoms with van der Waals surface area (Å²) in [6, 6.07) is 1.68. The van der Waals surface area contributed by atoms with E-state index in [4.69, 9.17) is 4.52 Å². The van der Waals surface area contributed by atoms with Crippen LogP contribution < -0.4 is 5.32 Å². The molecule has 1 aliphatic heterocycles. The average Bonchev–Trinajstić information content (AvgIpc) is 2.76. The molecule has 0 spiro atoms. The van der Waals surface area contributed by atoms with Crippen molar-refractivity contribution < 1.29 is 14.4 Å². The molecule has 1 aromatic heterocycles. The third kappa shape index (κ3) is 4.04. The molecule has 19 heavy (non-hydrogen) atoms. The van der Waals surface area contributed by atoms with Gasteiger partial charge in [0.1, 0.15) is 5.76 Å². The van der Waals surface area contributed by atoms with E-state index in [1.807, 2.05) is 0 Å². The van der Waals surface area contributed by atoms with Crippen molar-refractivity contribution in [2.24, 2.45) is 5.92 Å². The summed E-state index contributed by atoms with van der Waals surface area (Å²) in [6.45, 7) is 6.08. The second-order valence-electron chi connectivity index (χ2n) is 5.25. The fourth-order valence-electron chi connectivity index (χ4n) is 2.21. The molecule has 2 rings (SSSR count). The number of aliphatic hydroxyl groups excluding tert-OH is 1. The number of β-amino-alcohol motifs (C(OH)–C–C–N with tert-alkyl or cyclic N) is 1. The highest BCUT2D eigenvalue weighted by molar-refractivity contribution is 5.89. The number of hydrogen-bond acceptors (Lipinski definition) is 5. The van der Waals surface area contributed by atoms with Crippen LogP contribution in [0.1, 0.15) is 25.5 Å². The Morgan fingerprint density at radius 2 is 2.47 bits per heavy atom. The summed E-state index contributed by atoms with van der Waals surface area (Å²) in [6.07, 6.45) is 1.09. The summed E-state index contributed by atoms with van der Waals surface area (Å²) in [5, 5.41) is 16.2. The van der Waals surface area contributed by atoms with E-state index in [1.54, 1.807) is 13.0 Å². The van der Waals surface area contributed by atoms with Crippen LogP contribution >= 0.6 is 0 Å². The van der Waals surface area contributed by atoms with Crippen molar-refractivity contribution in [2.45, 2.75) is 32.8 Å². The fourth-order valence-corrected chi connectivity index (χ4v) is 2.21. The molecule has 1 aliphatic rings. The first kappa shape index (κ1) is 14.0. The lowest BCUT2D eigenvalue weighted by Gasteiger charge is -2.34. The van der Waals surface area contributed by atoms with Gasteiger partial charge in [0.2, 0.25) is 5.91 Å². The largest absolute Gasteiger partial charge is 0.392 e. The van der Waals surface area contributed by atoms with Gasteiger partial charge in [0, 0.05) is 25.6 Å². The van der Waals surface area contributed by atoms with Gasteiger partial charge in [-0.1, -0.05) is 12.1 Å². The quantitative estimate of drug-likeness (QED) is 0.851. The van der Waals surface area contributed by atoms with Gasteiger partial charge >= 0.3 is 0 Å². The lowest BCUT2D eigenvalue weighted by molar-refractivity contribution is -0.116. The van der Waals surface area contributed by atoms with Gasteiger partial charge in [-0.2, -0.15) is 0 Å². The van der Waals surface area contributed by atoms with Gasteiger partial charge in [0.05, 0.1) is 6.10 Å². The summed E-state index contributed by atoms with van der Waals surface area (Å²) >= 11 is 0. The number of hydrogen-bond donors (Lipinski definition) is 2. The summed E-state index contributed by atoms with van der Waals surface area (Å²) in [7, 11) is 0. The number of amides is 1. The second-order valence-corrected chi connectivity index (χ2v) is 5.25. The smallest absolute Gasteiger partial charge is 0.226 e. The number of anilines is 1. The van der Waals surface area contributed by atoms with E-state index in [0.29, 0.717) is 37.0 Å². The molecular weight excluding hydrogens is 246 g/mol. The first-order chi connectivity index (χ1) is 9.04. The number of piperidine rings is 1. The number of aromatic nitrogens is 1. The fraction of sp³-hybridized carbons (Fsp3) is 0.692. The summed E-state index contributed by atoms with van der Waals surface area (Å²) in [5.41, 5.74) is 0. The zero-order valence-corrected chi connectivity index (χ0v) is 11.4. The van der Waals surface area contributed by atoms with Gasteiger partial charge in [-0.05, 0) is 25.8 Å². The van der Waals surface area contributed by atoms with Crippen molar-refractivity contribution in [3.63, 3.8) is 0 Å². The number of nitrogens with zero attached hydrogens (tertiary/aromatic N) is 2. The molecule has 1 fully saturated rings. The number of aryl methyl sites for hydroxylation is 1. The Kier molecular flexibility index (Phi) is 4.55. The van der Waals surface area contributed by atoms with Crippen LogP contribution in [0.4, 0.5) is 5.82 Å². The number of rotatable bonds is 4. The Labute approximate surface area is 112 Å². The highest BCUT2D eigenvalue weighted by atomic mass is 16.5. The average molecular weight is 267 g/mol. The van der Waals surface area contributed by atoms with E-state index in [2.05, 4.69) is 22.3 Å². The van der Waals surface area contributed by atoms with E-state index < -0.39 is 0 Å². The van der Waals surface area contributed by atoms with Crippen molar-refractivity contribution in [3.8, 4) is 0 Å². The van der Waals surface area contributed by atoms with Crippen molar-refractivity contribution in [3.05, 3.63) is 11.8 Å². The van der Waals surface area contributed by atoms with Crippen molar-refractivity contribution >= 4 is 11.7 Å². The van der Waals surface area contributed by atoms with Crippen LogP contribution in [0.5, 0.6) is 0 Å². The van der Waals surface area contributed by atoms with Crippen LogP contribution in [0.2, 0.25) is 0 Å². The van der Waals surface area contributed by atoms with Gasteiger partial charge < -0.3 is 19.8 Å². The lowest BCUT2D eigenvalue weighted by atomic mass is 9.96. The van der Waals surface area contributed by atoms with E-state index in [9.17, 15) is 9.90 Å². The molecule has 0 aromatic carbocycles. The summed E-state index contributed by atoms with van der Waals surface area (Å²) < 4.78 is 4.88. The predicted octanol–water partition coefficient (Wildman–Crippen LogP) is 1.01. The van der Waals surface area contributed by atoms with Gasteiger partial charge in [-0.3, -0.25) is 4.79 Å². The maximum Gasteiger partial charge on any atom is 0.226 e. The van der Waals surface area contributed by atoms with Crippen molar-refractivity contribution in [1.82, 2.24) is 10.1 Å². The second kappa shape index (κ2) is 6.16. The molecule has 6 heteroatoms. The number of carbonyl (C=O) groups is 1. The molecule has 2 N–H and O–H groups in total. The Morgan fingerprint density at radius 1 is 1.68 bits per heavy atom. The molecule has 2 atom stereocenters. The molecule has 1 aromatic rings. The van der Waals surface area contributed by atoms with E-state index in [1.165, 1.54) is 0 Å². The molecule has 2 unspecified atom stereocenters. The molecule has 0 saturated carbocycles. The van der Waals surface area contributed by atoms with E-state index >= 15 is 0 Å². The van der Waals surface area contributed by atoms with Gasteiger partial charge in [-0.25, -0.2) is 0 Å². The Balaban J connectivity index is 1.72. The maximum atomic E-state index is 11.7. The van der Waals surface area contributed by atoms with E-state index in [-0.39, 0.29) is 12.0 Å². The predicted molar refractivity (Wildman–Crippen MR) is 70.7 cm³/mol. The molecule has 1 saturated heterocycles. The summed E-state index contributed by atoms with van der Waals surface area (Å²) in [4.78, 5) is 13.9. The number of carbonyl (C=O) groups excluding carboxylic acids is 1. The first-order valence-electron chi connectivity index (χ1n) is 6.68. The highest BCUT2D eigenvalue weighted by Crippen LogP contribution is 2.17. The van der Waals surface area contributed by atoms with Crippen LogP contribution in [0.3, 0.4) is 0 Å². The Morgan fingerprint density at radius 3 is 3.11 bits per heavy atom. The maximum absolute atomic E-state index is 11.7. The van der Waals surface area contributed by atoms with Crippen molar-refractivity contribution in [2.75, 3.05) is 25.0 Å². The molecule has 1 amide bonds. The minimum Gasteiger partial charge on any atom is -0.392 e. The lowest BCUT2D eigenvalue weighted by Crippen LogP contribution is -2.43. The van der Waals surface area contributed by atoms with Crippen LogP contribution in [-0.4, -0.2) is 46.8 Å². The van der Waals surface area contributed by atoms with Crippen molar-refractivity contribution in [1.29, 1.82) is 0 Å². The summed E-state index contributed by atoms with van der Waals surface area (Å²) in [5.74, 6) is 1.39. The SMILES string of the molecule is Cc1cc(NC(=O)CCN2CCC(C)C(O)C2)no1. The standard InChI is InChI=1S/C13H21N3O3/c1-9-3-5-16(8-11(9)17)6-4-13(18)14-12-7-10(2)19-15-12/h7,9,11,17H,3-6,8H2,1-2H3,(H,14,15,18). The molecule has 6 nitrogen and oxygen atoms in total. The van der Waals surface area contributed by atoms with Gasteiger partial charge in [-0.15, -0.1) is 0 Å². The van der Waals surface area contributed by atoms with Crippen LogP contribution in [0.15, 0.2) is 10.6 Å². The molecule has 2 heterocycles. The van der Waals surface area contributed by atoms with Crippen LogP contribution in [-0.2, 0) is 4.79 Å². The Hall–Kier alpha value is -1.40. The monoisotopic (exact) mass is 267 g/mol. The molecular formula is C13H21N3O3. The molecule has 0 radical (unpaired) electrons. The molecule has 0 aliphatic carbocycles. The number of likely N-dealkylation sites (tertiary alicyclic amines) is 1. The van der Waals surface area contributed by atoms with E-state index in [0.717, 1.165) is 13.0 Å². The minimum atomic E-state index is -0.282. The highest BCUT2D eigenvalue weighted by Gasteiger charge is 2.24. The Bertz CT molecular complexity index is 433. The first-order valence-corrected chi connectivity index (χ1v) is 6.68. The normalized spacial score (nSPS) is 24.4. The van der Waals surface area contributed by atoms with Gasteiger partial charge in [0.15, 0.2) is 5.82 Å². The van der Waals surface area contributed by atoms with Gasteiger partial charge in [0.25, 0.3) is 0 Å². The van der Waals surface area contributed by atoms with Crippen LogP contribution in [0, 0.1) is 12.8 Å². The third-order valence-electron chi connectivity index (χ3n) is 3.55.